The second kappa shape index (κ2) is 11.9. The molecule has 0 bridgehead atoms. The van der Waals surface area contributed by atoms with Crippen LogP contribution in [0.5, 0.6) is 17.2 Å². The van der Waals surface area contributed by atoms with E-state index < -0.39 is 18.7 Å². The number of hydrogen-bond donors (Lipinski definition) is 1. The summed E-state index contributed by atoms with van der Waals surface area (Å²) < 4.78 is 47.8. The molecule has 0 spiro atoms. The Bertz CT molecular complexity index is 1300. The highest BCUT2D eigenvalue weighted by Crippen LogP contribution is 2.38. The van der Waals surface area contributed by atoms with Gasteiger partial charge in [0.15, 0.2) is 23.9 Å². The molecule has 38 heavy (non-hydrogen) atoms. The number of alkyl halides is 2. The number of nitrogens with zero attached hydrogens (tertiary/aromatic N) is 1. The van der Waals surface area contributed by atoms with Crippen molar-refractivity contribution in [2.45, 2.75) is 32.0 Å². The lowest BCUT2D eigenvalue weighted by atomic mass is 10.0. The summed E-state index contributed by atoms with van der Waals surface area (Å²) >= 11 is 12.6. The average Bonchev–Trinajstić information content (AvgIpc) is 3.69. The number of halogens is 4. The molecule has 0 radical (unpaired) electrons. The summed E-state index contributed by atoms with van der Waals surface area (Å²) in [5.74, 6) is -0.0701. The van der Waals surface area contributed by atoms with Crippen molar-refractivity contribution in [3.05, 3.63) is 80.7 Å². The van der Waals surface area contributed by atoms with E-state index in [9.17, 15) is 18.8 Å². The summed E-state index contributed by atoms with van der Waals surface area (Å²) in [5, 5.41) is 11.8. The molecular formula is C26H24Cl2F2N2O6. The summed E-state index contributed by atoms with van der Waals surface area (Å²) in [6.45, 7) is -2.72. The van der Waals surface area contributed by atoms with Crippen LogP contribution in [-0.4, -0.2) is 26.3 Å². The number of aromatic nitrogens is 1. The quantitative estimate of drug-likeness (QED) is 0.136. The molecule has 1 aliphatic rings. The van der Waals surface area contributed by atoms with E-state index in [4.69, 9.17) is 43.1 Å². The Morgan fingerprint density at radius 3 is 2.39 bits per heavy atom. The first-order chi connectivity index (χ1) is 18.1. The number of methoxy groups -OCH3 is 1. The van der Waals surface area contributed by atoms with Crippen molar-refractivity contribution in [3.63, 3.8) is 0 Å². The number of carbonyl (C=O) groups excluding carboxylic acids is 1. The van der Waals surface area contributed by atoms with Crippen LogP contribution < -0.4 is 24.7 Å². The van der Waals surface area contributed by atoms with Gasteiger partial charge in [0.05, 0.1) is 25.0 Å². The Balaban J connectivity index is 1.69. The van der Waals surface area contributed by atoms with E-state index in [0.717, 1.165) is 25.2 Å². The van der Waals surface area contributed by atoms with Crippen molar-refractivity contribution in [1.29, 1.82) is 0 Å². The van der Waals surface area contributed by atoms with Gasteiger partial charge in [-0.25, -0.2) is 4.79 Å². The van der Waals surface area contributed by atoms with Crippen LogP contribution in [0.15, 0.2) is 48.8 Å². The summed E-state index contributed by atoms with van der Waals surface area (Å²) in [4.78, 5) is 13.1. The van der Waals surface area contributed by atoms with Gasteiger partial charge in [-0.2, -0.15) is 13.5 Å². The summed E-state index contributed by atoms with van der Waals surface area (Å²) in [7, 11) is 1.45. The molecule has 12 heteroatoms. The second-order valence-electron chi connectivity index (χ2n) is 8.69. The molecule has 2 N–H and O–H groups in total. The minimum absolute atomic E-state index is 0.0347. The Labute approximate surface area is 227 Å². The van der Waals surface area contributed by atoms with Gasteiger partial charge in [-0.05, 0) is 54.7 Å². The second-order valence-corrected chi connectivity index (χ2v) is 9.50. The first-order valence-corrected chi connectivity index (χ1v) is 12.3. The SMILES string of the molecule is COc1ccc(C(=O)O[C@@H](Cc2c(Cl)c[n+]([O-])cc2Cl)c2ccc(OC(F)F)c(OCC3CC3)c2)cc1N. The van der Waals surface area contributed by atoms with Gasteiger partial charge in [-0.15, -0.1) is 0 Å². The van der Waals surface area contributed by atoms with E-state index in [1.807, 2.05) is 0 Å². The van der Waals surface area contributed by atoms with Crippen LogP contribution in [0.25, 0.3) is 0 Å². The number of hydrogen-bond acceptors (Lipinski definition) is 7. The Morgan fingerprint density at radius 2 is 1.79 bits per heavy atom. The van der Waals surface area contributed by atoms with Gasteiger partial charge in [0, 0.05) is 12.0 Å². The van der Waals surface area contributed by atoms with Crippen LogP contribution in [0, 0.1) is 11.1 Å². The molecule has 0 saturated heterocycles. The van der Waals surface area contributed by atoms with Crippen LogP contribution >= 0.6 is 23.2 Å². The molecule has 3 aromatic rings. The molecule has 2 aromatic carbocycles. The maximum Gasteiger partial charge on any atom is 0.387 e. The molecule has 1 heterocycles. The number of rotatable bonds is 11. The maximum atomic E-state index is 13.1. The van der Waals surface area contributed by atoms with Gasteiger partial charge in [-0.3, -0.25) is 0 Å². The molecule has 8 nitrogen and oxygen atoms in total. The number of pyridine rings is 1. The molecule has 0 amide bonds. The van der Waals surface area contributed by atoms with Crippen molar-refractivity contribution >= 4 is 34.9 Å². The maximum absolute atomic E-state index is 13.1. The minimum atomic E-state index is -3.06. The fourth-order valence-electron chi connectivity index (χ4n) is 3.72. The first kappa shape index (κ1) is 27.5. The van der Waals surface area contributed by atoms with Crippen LogP contribution in [0.2, 0.25) is 10.0 Å². The fourth-order valence-corrected chi connectivity index (χ4v) is 4.32. The molecule has 1 saturated carbocycles. The molecule has 4 rings (SSSR count). The highest BCUT2D eigenvalue weighted by molar-refractivity contribution is 6.35. The smallest absolute Gasteiger partial charge is 0.387 e. The van der Waals surface area contributed by atoms with Crippen molar-refractivity contribution in [2.24, 2.45) is 5.92 Å². The van der Waals surface area contributed by atoms with Gasteiger partial charge in [0.25, 0.3) is 0 Å². The lowest BCUT2D eigenvalue weighted by Gasteiger charge is -2.21. The topological polar surface area (TPSA) is 107 Å². The number of carbonyl (C=O) groups is 1. The molecule has 202 valence electrons. The Kier molecular flexibility index (Phi) is 8.63. The van der Waals surface area contributed by atoms with Gasteiger partial charge < -0.3 is 29.9 Å². The van der Waals surface area contributed by atoms with E-state index in [-0.39, 0.29) is 39.2 Å². The zero-order valence-corrected chi connectivity index (χ0v) is 21.7. The molecule has 1 aromatic heterocycles. The van der Waals surface area contributed by atoms with Crippen LogP contribution in [0.3, 0.4) is 0 Å². The summed E-state index contributed by atoms with van der Waals surface area (Å²) in [6, 6.07) is 8.68. The molecule has 0 aliphatic heterocycles. The number of benzene rings is 2. The van der Waals surface area contributed by atoms with Gasteiger partial charge in [-0.1, -0.05) is 29.3 Å². The number of nitrogen functional groups attached to an aromatic ring is 1. The molecular weight excluding hydrogens is 545 g/mol. The highest BCUT2D eigenvalue weighted by atomic mass is 35.5. The minimum Gasteiger partial charge on any atom is -0.619 e. The fraction of sp³-hybridized carbons (Fsp3) is 0.308. The molecule has 1 atom stereocenters. The lowest BCUT2D eigenvalue weighted by molar-refractivity contribution is -0.605. The van der Waals surface area contributed by atoms with Crippen LogP contribution in [0.4, 0.5) is 14.5 Å². The molecule has 0 unspecified atom stereocenters. The largest absolute Gasteiger partial charge is 0.619 e. The summed E-state index contributed by atoms with van der Waals surface area (Å²) in [6.07, 6.45) is 3.17. The Morgan fingerprint density at radius 1 is 1.11 bits per heavy atom. The average molecular weight is 569 g/mol. The zero-order valence-electron chi connectivity index (χ0n) is 20.2. The number of nitrogens with two attached hydrogens (primary N) is 1. The Hall–Kier alpha value is -3.50. The van der Waals surface area contributed by atoms with Crippen molar-refractivity contribution in [1.82, 2.24) is 0 Å². The van der Waals surface area contributed by atoms with Gasteiger partial charge in [0.2, 0.25) is 0 Å². The van der Waals surface area contributed by atoms with E-state index in [1.165, 1.54) is 43.5 Å². The van der Waals surface area contributed by atoms with E-state index in [1.54, 1.807) is 0 Å². The van der Waals surface area contributed by atoms with Crippen molar-refractivity contribution in [3.8, 4) is 17.2 Å². The normalized spacial score (nSPS) is 13.7. The third-order valence-electron chi connectivity index (χ3n) is 5.89. The predicted molar refractivity (Wildman–Crippen MR) is 136 cm³/mol. The van der Waals surface area contributed by atoms with Crippen LogP contribution in [0.1, 0.15) is 40.4 Å². The zero-order chi connectivity index (χ0) is 27.4. The monoisotopic (exact) mass is 568 g/mol. The number of anilines is 1. The standard InChI is InChI=1S/C26H24Cl2F2N2O6/c1-35-21-6-5-16(8-20(21)31)25(33)37-23(10-17-18(27)11-32(34)12-19(17)28)15-4-7-22(38-26(29)30)24(9-15)36-13-14-2-3-14/h4-9,11-12,14,23,26H,2-3,10,13,31H2,1H3/t23-/m0/s1. The summed E-state index contributed by atoms with van der Waals surface area (Å²) in [5.41, 5.74) is 7.07. The van der Waals surface area contributed by atoms with Crippen molar-refractivity contribution < 1.29 is 37.3 Å². The number of esters is 1. The molecule has 1 aliphatic carbocycles. The number of ether oxygens (including phenoxy) is 4. The lowest BCUT2D eigenvalue weighted by Crippen LogP contribution is -2.25. The van der Waals surface area contributed by atoms with Crippen LogP contribution in [-0.2, 0) is 11.2 Å². The predicted octanol–water partition coefficient (Wildman–Crippen LogP) is 5.75. The van der Waals surface area contributed by atoms with E-state index in [0.29, 0.717) is 34.1 Å². The van der Waals surface area contributed by atoms with E-state index >= 15 is 0 Å². The highest BCUT2D eigenvalue weighted by Gasteiger charge is 2.27. The molecule has 1 fully saturated rings. The van der Waals surface area contributed by atoms with Crippen molar-refractivity contribution in [2.75, 3.05) is 19.5 Å². The van der Waals surface area contributed by atoms with Gasteiger partial charge >= 0.3 is 12.6 Å². The van der Waals surface area contributed by atoms with Gasteiger partial charge in [0.1, 0.15) is 21.9 Å². The first-order valence-electron chi connectivity index (χ1n) is 11.6. The third kappa shape index (κ3) is 6.87. The van der Waals surface area contributed by atoms with E-state index in [2.05, 4.69) is 4.74 Å². The third-order valence-corrected chi connectivity index (χ3v) is 6.54.